The van der Waals surface area contributed by atoms with Crippen molar-refractivity contribution in [2.24, 2.45) is 51.2 Å². The highest BCUT2D eigenvalue weighted by atomic mass is 32.2. The molecule has 2 aliphatic heterocycles. The number of benzene rings is 1. The maximum absolute atomic E-state index is 14.9. The van der Waals surface area contributed by atoms with Crippen LogP contribution in [0.2, 0.25) is 0 Å². The lowest BCUT2D eigenvalue weighted by Gasteiger charge is -2.73. The van der Waals surface area contributed by atoms with Gasteiger partial charge in [-0.3, -0.25) is 0 Å². The monoisotopic (exact) mass is 719 g/mol. The zero-order valence-corrected chi connectivity index (χ0v) is 33.5. The number of piperidine rings is 1. The van der Waals surface area contributed by atoms with Crippen LogP contribution in [0.5, 0.6) is 0 Å². The lowest BCUT2D eigenvalue weighted by molar-refractivity contribution is -0.228. The second kappa shape index (κ2) is 13.1. The van der Waals surface area contributed by atoms with E-state index in [1.165, 1.54) is 82.6 Å². The lowest BCUT2D eigenvalue weighted by Crippen LogP contribution is -2.69. The minimum absolute atomic E-state index is 0.101. The van der Waals surface area contributed by atoms with Crippen LogP contribution in [-0.2, 0) is 9.84 Å². The molecule has 0 amide bonds. The molecule has 4 aliphatic carbocycles. The largest absolute Gasteiger partial charge is 0.366 e. The van der Waals surface area contributed by atoms with Gasteiger partial charge in [0.1, 0.15) is 11.9 Å². The Bertz CT molecular complexity index is 1650. The standard InChI is InChI=1S/C44H66FN3O2S/c1-31(2)34-15-19-44(17-9-8-10-23-47-25-27-51(49,50)28-26-47)21-20-42(6)35(39(34)44)13-14-38-41(5)22-24-48(33-12-11-32(30-46)36(45)29-33)40(3,4)37(41)16-18-43(38,42)7/h11-12,29,34-35,37-39H,1,8-10,13-28H2,2-7H3/t34-,35+,37-,38+,39+,41-,42+,43+,44+/m0/s1. The van der Waals surface area contributed by atoms with Crippen molar-refractivity contribution in [2.75, 3.05) is 42.6 Å². The van der Waals surface area contributed by atoms with Gasteiger partial charge in [0, 0.05) is 30.9 Å². The second-order valence-electron chi connectivity index (χ2n) is 19.7. The maximum atomic E-state index is 14.9. The zero-order valence-electron chi connectivity index (χ0n) is 32.7. The van der Waals surface area contributed by atoms with Crippen LogP contribution in [0.4, 0.5) is 10.1 Å². The number of rotatable bonds is 8. The van der Waals surface area contributed by atoms with E-state index in [4.69, 9.17) is 0 Å². The summed E-state index contributed by atoms with van der Waals surface area (Å²) < 4.78 is 38.6. The Balaban J connectivity index is 1.08. The number of allylic oxidation sites excluding steroid dienone is 1. The molecule has 5 nitrogen and oxygen atoms in total. The second-order valence-corrected chi connectivity index (χ2v) is 22.0. The van der Waals surface area contributed by atoms with Crippen molar-refractivity contribution in [2.45, 2.75) is 131 Å². The summed E-state index contributed by atoms with van der Waals surface area (Å²) in [5, 5.41) is 9.34. The molecule has 2 saturated heterocycles. The number of unbranched alkanes of at least 4 members (excludes halogenated alkanes) is 2. The predicted octanol–water partition coefficient (Wildman–Crippen LogP) is 9.81. The van der Waals surface area contributed by atoms with Crippen LogP contribution in [0.3, 0.4) is 0 Å². The molecule has 7 heteroatoms. The Kier molecular flexibility index (Phi) is 9.64. The first-order valence-electron chi connectivity index (χ1n) is 20.6. The van der Waals surface area contributed by atoms with Gasteiger partial charge in [0.05, 0.1) is 17.1 Å². The van der Waals surface area contributed by atoms with E-state index in [9.17, 15) is 18.1 Å². The molecule has 6 fully saturated rings. The summed E-state index contributed by atoms with van der Waals surface area (Å²) >= 11 is 0. The first kappa shape index (κ1) is 37.4. The van der Waals surface area contributed by atoms with Gasteiger partial charge in [-0.15, -0.1) is 0 Å². The molecule has 0 radical (unpaired) electrons. The van der Waals surface area contributed by atoms with Crippen LogP contribution in [0.15, 0.2) is 30.4 Å². The van der Waals surface area contributed by atoms with Gasteiger partial charge >= 0.3 is 0 Å². The lowest BCUT2D eigenvalue weighted by atomic mass is 9.33. The topological polar surface area (TPSA) is 64.4 Å². The fourth-order valence-corrected chi connectivity index (χ4v) is 15.9. The number of hydrogen-bond donors (Lipinski definition) is 0. The minimum atomic E-state index is -2.82. The fourth-order valence-electron chi connectivity index (χ4n) is 14.6. The minimum Gasteiger partial charge on any atom is -0.366 e. The Morgan fingerprint density at radius 2 is 1.65 bits per heavy atom. The van der Waals surface area contributed by atoms with Crippen molar-refractivity contribution in [3.05, 3.63) is 41.7 Å². The smallest absolute Gasteiger partial charge is 0.152 e. The van der Waals surface area contributed by atoms with Crippen molar-refractivity contribution in [3.63, 3.8) is 0 Å². The van der Waals surface area contributed by atoms with Gasteiger partial charge in [-0.2, -0.15) is 5.26 Å². The van der Waals surface area contributed by atoms with Crippen LogP contribution in [-0.4, -0.2) is 56.5 Å². The molecule has 51 heavy (non-hydrogen) atoms. The molecule has 1 aromatic rings. The first-order chi connectivity index (χ1) is 24.0. The molecule has 0 unspecified atom stereocenters. The summed E-state index contributed by atoms with van der Waals surface area (Å²) in [5.41, 5.74) is 3.67. The highest BCUT2D eigenvalue weighted by Crippen LogP contribution is 2.77. The molecule has 9 atom stereocenters. The molecule has 7 rings (SSSR count). The van der Waals surface area contributed by atoms with Gasteiger partial charge in [-0.25, -0.2) is 12.8 Å². The zero-order chi connectivity index (χ0) is 36.6. The summed E-state index contributed by atoms with van der Waals surface area (Å²) in [6.45, 7) is 23.3. The number of nitrogens with zero attached hydrogens (tertiary/aromatic N) is 3. The van der Waals surface area contributed by atoms with Crippen molar-refractivity contribution in [1.29, 1.82) is 5.26 Å². The number of halogens is 1. The van der Waals surface area contributed by atoms with Crippen LogP contribution in [0, 0.1) is 68.4 Å². The number of nitriles is 1. The van der Waals surface area contributed by atoms with Crippen molar-refractivity contribution < 1.29 is 12.8 Å². The highest BCUT2D eigenvalue weighted by molar-refractivity contribution is 7.91. The van der Waals surface area contributed by atoms with E-state index in [1.807, 2.05) is 12.1 Å². The van der Waals surface area contributed by atoms with Crippen molar-refractivity contribution in [1.82, 2.24) is 4.90 Å². The predicted molar refractivity (Wildman–Crippen MR) is 207 cm³/mol. The summed E-state index contributed by atoms with van der Waals surface area (Å²) in [7, 11) is -2.82. The molecular formula is C44H66FN3O2S. The quantitative estimate of drug-likeness (QED) is 0.198. The van der Waals surface area contributed by atoms with Gasteiger partial charge in [-0.05, 0) is 167 Å². The van der Waals surface area contributed by atoms with Gasteiger partial charge in [0.2, 0.25) is 0 Å². The average Bonchev–Trinajstić information content (AvgIpc) is 3.45. The van der Waals surface area contributed by atoms with Crippen molar-refractivity contribution >= 4 is 15.5 Å². The molecule has 6 aliphatic rings. The third-order valence-corrected chi connectivity index (χ3v) is 19.0. The normalized spacial score (nSPS) is 41.5. The Hall–Kier alpha value is -1.91. The van der Waals surface area contributed by atoms with E-state index in [-0.39, 0.29) is 16.5 Å². The van der Waals surface area contributed by atoms with Crippen molar-refractivity contribution in [3.8, 4) is 6.07 Å². The van der Waals surface area contributed by atoms with E-state index in [1.54, 1.807) is 12.1 Å². The van der Waals surface area contributed by atoms with Gasteiger partial charge in [0.25, 0.3) is 0 Å². The Labute approximate surface area is 309 Å². The Morgan fingerprint density at radius 3 is 2.33 bits per heavy atom. The summed E-state index contributed by atoms with van der Waals surface area (Å²) in [6, 6.07) is 7.21. The molecule has 0 spiro atoms. The highest BCUT2D eigenvalue weighted by Gasteiger charge is 2.70. The molecule has 1 aromatic carbocycles. The molecule has 4 saturated carbocycles. The first-order valence-corrected chi connectivity index (χ1v) is 22.4. The van der Waals surface area contributed by atoms with E-state index in [2.05, 4.69) is 57.9 Å². The molecule has 0 bridgehead atoms. The van der Waals surface area contributed by atoms with E-state index >= 15 is 0 Å². The molecule has 0 N–H and O–H groups in total. The van der Waals surface area contributed by atoms with Crippen LogP contribution >= 0.6 is 0 Å². The molecular weight excluding hydrogens is 654 g/mol. The van der Waals surface area contributed by atoms with Gasteiger partial charge in [-0.1, -0.05) is 45.8 Å². The summed E-state index contributed by atoms with van der Waals surface area (Å²) in [5.74, 6) is 3.61. The summed E-state index contributed by atoms with van der Waals surface area (Å²) in [6.07, 6.45) is 16.8. The third kappa shape index (κ3) is 5.94. The van der Waals surface area contributed by atoms with E-state index in [0.717, 1.165) is 37.0 Å². The Morgan fingerprint density at radius 1 is 0.902 bits per heavy atom. The van der Waals surface area contributed by atoms with Gasteiger partial charge in [0.15, 0.2) is 9.84 Å². The van der Waals surface area contributed by atoms with Crippen LogP contribution < -0.4 is 4.90 Å². The van der Waals surface area contributed by atoms with Crippen LogP contribution in [0.25, 0.3) is 0 Å². The average molecular weight is 720 g/mol. The molecule has 0 aromatic heterocycles. The summed E-state index contributed by atoms with van der Waals surface area (Å²) in [4.78, 5) is 4.83. The SMILES string of the molecule is C=C(C)[C@@H]1CC[C@]2(CCCCCN3CCS(=O)(=O)CC3)CC[C@]3(C)[C@H](CC[C@@H]4[C@@]5(C)CCN(c6ccc(C#N)c(F)c6)C(C)(C)[C@@H]5CC[C@]43C)[C@@H]12. The van der Waals surface area contributed by atoms with Crippen LogP contribution in [0.1, 0.15) is 131 Å². The number of anilines is 1. The maximum Gasteiger partial charge on any atom is 0.152 e. The number of fused-ring (bicyclic) bond motifs is 7. The number of sulfone groups is 1. The van der Waals surface area contributed by atoms with Gasteiger partial charge < -0.3 is 9.80 Å². The molecule has 282 valence electrons. The van der Waals surface area contributed by atoms with E-state index < -0.39 is 15.7 Å². The fraction of sp³-hybridized carbons (Fsp3) is 0.795. The number of hydrogen-bond acceptors (Lipinski definition) is 5. The van der Waals surface area contributed by atoms with E-state index in [0.29, 0.717) is 58.6 Å². The third-order valence-electron chi connectivity index (χ3n) is 17.4. The molecule has 2 heterocycles.